The maximum Gasteiger partial charge on any atom is 0.416 e. The number of nitrogens with zero attached hydrogens (tertiary/aromatic N) is 2. The summed E-state index contributed by atoms with van der Waals surface area (Å²) in [6.45, 7) is 1.14. The van der Waals surface area contributed by atoms with Gasteiger partial charge in [-0.1, -0.05) is 12.1 Å². The highest BCUT2D eigenvalue weighted by atomic mass is 32.2. The number of sulfonamides is 1. The molecule has 0 atom stereocenters. The second-order valence-corrected chi connectivity index (χ2v) is 9.89. The molecule has 1 fully saturated rings. The molecular formula is C20H21F3N2O4S2. The van der Waals surface area contributed by atoms with Crippen LogP contribution in [0.2, 0.25) is 0 Å². The number of benzene rings is 2. The average Bonchev–Trinajstić information content (AvgIpc) is 2.73. The van der Waals surface area contributed by atoms with E-state index < -0.39 is 27.7 Å². The van der Waals surface area contributed by atoms with Crippen LogP contribution in [0.1, 0.15) is 11.1 Å². The number of thioether (sulfide) groups is 1. The van der Waals surface area contributed by atoms with E-state index in [1.54, 1.807) is 18.2 Å². The van der Waals surface area contributed by atoms with Crippen LogP contribution in [0.15, 0.2) is 53.4 Å². The third kappa shape index (κ3) is 5.92. The zero-order chi connectivity index (χ0) is 22.6. The van der Waals surface area contributed by atoms with Crippen LogP contribution in [0, 0.1) is 0 Å². The lowest BCUT2D eigenvalue weighted by Crippen LogP contribution is -2.48. The molecule has 2 aromatic rings. The largest absolute Gasteiger partial charge is 0.481 e. The topological polar surface area (TPSA) is 77.9 Å². The smallest absolute Gasteiger partial charge is 0.416 e. The van der Waals surface area contributed by atoms with Gasteiger partial charge in [-0.3, -0.25) is 4.79 Å². The Hall–Kier alpha value is -2.24. The Morgan fingerprint density at radius 1 is 1.03 bits per heavy atom. The summed E-state index contributed by atoms with van der Waals surface area (Å²) < 4.78 is 65.5. The van der Waals surface area contributed by atoms with Gasteiger partial charge >= 0.3 is 12.1 Å². The number of hydrogen-bond acceptors (Lipinski definition) is 5. The van der Waals surface area contributed by atoms with Crippen molar-refractivity contribution in [1.82, 2.24) is 4.31 Å². The summed E-state index contributed by atoms with van der Waals surface area (Å²) in [6, 6.07) is 11.3. The zero-order valence-electron chi connectivity index (χ0n) is 16.4. The van der Waals surface area contributed by atoms with Gasteiger partial charge in [0.15, 0.2) is 0 Å². The fourth-order valence-corrected chi connectivity index (χ4v) is 5.43. The molecule has 2 aromatic carbocycles. The van der Waals surface area contributed by atoms with Crippen molar-refractivity contribution in [2.24, 2.45) is 0 Å². The van der Waals surface area contributed by atoms with Crippen molar-refractivity contribution in [3.8, 4) is 0 Å². The lowest BCUT2D eigenvalue weighted by molar-refractivity contribution is -0.137. The van der Waals surface area contributed by atoms with E-state index in [9.17, 15) is 26.4 Å². The molecule has 0 bridgehead atoms. The summed E-state index contributed by atoms with van der Waals surface area (Å²) in [5.74, 6) is -0.611. The van der Waals surface area contributed by atoms with Gasteiger partial charge in [-0.25, -0.2) is 8.42 Å². The SMILES string of the molecule is O=C(O)CSCc1cccc(S(=O)(=O)N2CCN(c3ccc(C(F)(F)F)cc3)CC2)c1. The number of halogens is 3. The molecular weight excluding hydrogens is 453 g/mol. The van der Waals surface area contributed by atoms with Crippen LogP contribution in [0.3, 0.4) is 0 Å². The zero-order valence-corrected chi connectivity index (χ0v) is 18.0. The van der Waals surface area contributed by atoms with Gasteiger partial charge in [-0.05, 0) is 42.0 Å². The summed E-state index contributed by atoms with van der Waals surface area (Å²) in [5, 5.41) is 8.72. The van der Waals surface area contributed by atoms with Gasteiger partial charge < -0.3 is 10.0 Å². The van der Waals surface area contributed by atoms with Crippen LogP contribution in [0.4, 0.5) is 18.9 Å². The molecule has 0 aliphatic carbocycles. The van der Waals surface area contributed by atoms with Crippen LogP contribution >= 0.6 is 11.8 Å². The number of alkyl halides is 3. The molecule has 31 heavy (non-hydrogen) atoms. The van der Waals surface area contributed by atoms with Crippen LogP contribution < -0.4 is 4.90 Å². The van der Waals surface area contributed by atoms with E-state index in [1.165, 1.54) is 34.3 Å². The number of anilines is 1. The number of carboxylic acids is 1. The van der Waals surface area contributed by atoms with Crippen molar-refractivity contribution < 1.29 is 31.5 Å². The monoisotopic (exact) mass is 474 g/mol. The summed E-state index contributed by atoms with van der Waals surface area (Å²) >= 11 is 1.18. The molecule has 1 heterocycles. The molecule has 0 amide bonds. The Morgan fingerprint density at radius 2 is 1.68 bits per heavy atom. The Labute approximate surface area is 182 Å². The van der Waals surface area contributed by atoms with Gasteiger partial charge in [0.1, 0.15) is 0 Å². The fraction of sp³-hybridized carbons (Fsp3) is 0.350. The minimum atomic E-state index is -4.40. The Balaban J connectivity index is 1.64. The minimum Gasteiger partial charge on any atom is -0.481 e. The van der Waals surface area contributed by atoms with Gasteiger partial charge in [0.25, 0.3) is 0 Å². The lowest BCUT2D eigenvalue weighted by atomic mass is 10.2. The molecule has 0 spiro atoms. The molecule has 0 aromatic heterocycles. The number of hydrogen-bond donors (Lipinski definition) is 1. The summed E-state index contributed by atoms with van der Waals surface area (Å²) in [4.78, 5) is 12.6. The summed E-state index contributed by atoms with van der Waals surface area (Å²) in [5.41, 5.74) is 0.608. The minimum absolute atomic E-state index is 0.0666. The molecule has 0 saturated carbocycles. The molecule has 0 radical (unpaired) electrons. The predicted molar refractivity (Wildman–Crippen MR) is 113 cm³/mol. The number of rotatable bonds is 7. The third-order valence-corrected chi connectivity index (χ3v) is 7.71. The Morgan fingerprint density at radius 3 is 2.26 bits per heavy atom. The first kappa shape index (κ1) is 23.4. The predicted octanol–water partition coefficient (Wildman–Crippen LogP) is 3.53. The van der Waals surface area contributed by atoms with Crippen LogP contribution in [-0.4, -0.2) is 55.7 Å². The first-order valence-corrected chi connectivity index (χ1v) is 12.0. The number of carboxylic acid groups (broad SMARTS) is 1. The molecule has 11 heteroatoms. The number of piperazine rings is 1. The van der Waals surface area contributed by atoms with Crippen LogP contribution in [0.5, 0.6) is 0 Å². The van der Waals surface area contributed by atoms with E-state index in [2.05, 4.69) is 0 Å². The fourth-order valence-electron chi connectivity index (χ4n) is 3.25. The number of carbonyl (C=O) groups is 1. The molecule has 0 unspecified atom stereocenters. The first-order chi connectivity index (χ1) is 14.6. The van der Waals surface area contributed by atoms with Gasteiger partial charge in [0, 0.05) is 37.6 Å². The Bertz CT molecular complexity index is 1020. The maximum absolute atomic E-state index is 13.0. The Kier molecular flexibility index (Phi) is 7.17. The van der Waals surface area contributed by atoms with E-state index in [1.807, 2.05) is 4.90 Å². The average molecular weight is 475 g/mol. The van der Waals surface area contributed by atoms with Crippen molar-refractivity contribution in [1.29, 1.82) is 0 Å². The maximum atomic E-state index is 13.0. The quantitative estimate of drug-likeness (QED) is 0.662. The van der Waals surface area contributed by atoms with E-state index in [0.29, 0.717) is 24.5 Å². The summed E-state index contributed by atoms with van der Waals surface area (Å²) in [7, 11) is -3.73. The van der Waals surface area contributed by atoms with Crippen molar-refractivity contribution in [2.75, 3.05) is 36.8 Å². The van der Waals surface area contributed by atoms with Crippen molar-refractivity contribution in [3.63, 3.8) is 0 Å². The number of aliphatic carboxylic acids is 1. The molecule has 1 N–H and O–H groups in total. The van der Waals surface area contributed by atoms with Crippen LogP contribution in [0.25, 0.3) is 0 Å². The molecule has 168 valence electrons. The molecule has 6 nitrogen and oxygen atoms in total. The van der Waals surface area contributed by atoms with Gasteiger partial charge in [0.05, 0.1) is 16.2 Å². The standard InChI is InChI=1S/C20H21F3N2O4S2/c21-20(22,23)16-4-6-17(7-5-16)24-8-10-25(11-9-24)31(28,29)18-3-1-2-15(12-18)13-30-14-19(26)27/h1-7,12H,8-11,13-14H2,(H,26,27). The van der Waals surface area contributed by atoms with Gasteiger partial charge in [0.2, 0.25) is 10.0 Å². The lowest BCUT2D eigenvalue weighted by Gasteiger charge is -2.35. The molecule has 1 aliphatic rings. The second kappa shape index (κ2) is 9.49. The van der Waals surface area contributed by atoms with Crippen LogP contribution in [-0.2, 0) is 26.7 Å². The van der Waals surface area contributed by atoms with Crippen molar-refractivity contribution in [3.05, 3.63) is 59.7 Å². The van der Waals surface area contributed by atoms with Gasteiger partial charge in [-0.2, -0.15) is 17.5 Å². The summed E-state index contributed by atoms with van der Waals surface area (Å²) in [6.07, 6.45) is -4.40. The normalized spacial score (nSPS) is 15.8. The van der Waals surface area contributed by atoms with E-state index in [0.717, 1.165) is 17.7 Å². The van der Waals surface area contributed by atoms with E-state index >= 15 is 0 Å². The van der Waals surface area contributed by atoms with Crippen molar-refractivity contribution in [2.45, 2.75) is 16.8 Å². The third-order valence-electron chi connectivity index (χ3n) is 4.83. The highest BCUT2D eigenvalue weighted by Gasteiger charge is 2.31. The molecule has 1 saturated heterocycles. The molecule has 1 aliphatic heterocycles. The van der Waals surface area contributed by atoms with Crippen molar-refractivity contribution >= 4 is 33.4 Å². The van der Waals surface area contributed by atoms with E-state index in [4.69, 9.17) is 5.11 Å². The highest BCUT2D eigenvalue weighted by molar-refractivity contribution is 7.99. The first-order valence-electron chi connectivity index (χ1n) is 9.38. The van der Waals surface area contributed by atoms with Gasteiger partial charge in [-0.15, -0.1) is 11.8 Å². The van der Waals surface area contributed by atoms with E-state index in [-0.39, 0.29) is 23.7 Å². The second-order valence-electron chi connectivity index (χ2n) is 6.97. The highest BCUT2D eigenvalue weighted by Crippen LogP contribution is 2.31. The molecule has 3 rings (SSSR count).